The third-order valence-corrected chi connectivity index (χ3v) is 9.27. The second kappa shape index (κ2) is 5.29. The molecule has 5 aliphatic rings. The van der Waals surface area contributed by atoms with Gasteiger partial charge in [-0.05, 0) is 44.7 Å². The Morgan fingerprint density at radius 2 is 1.90 bits per heavy atom. The van der Waals surface area contributed by atoms with Crippen molar-refractivity contribution in [3.05, 3.63) is 35.4 Å². The summed E-state index contributed by atoms with van der Waals surface area (Å²) >= 11 is 0. The SMILES string of the molecule is Cc1ccc(C(=O)O[C@@]23OC[C@]4(C)[C@]5(O)CC[C@H](C)[C@]5(CC(=O)[C@]24C)[C@@H]3O)cc1. The number of carbonyl (C=O) groups excluding carboxylic acids is 2. The van der Waals surface area contributed by atoms with Crippen LogP contribution in [-0.4, -0.2) is 46.1 Å². The third kappa shape index (κ3) is 1.70. The molecule has 1 aromatic carbocycles. The second-order valence-corrected chi connectivity index (χ2v) is 10.0. The highest BCUT2D eigenvalue weighted by Gasteiger charge is 2.93. The van der Waals surface area contributed by atoms with Crippen LogP contribution in [0.15, 0.2) is 24.3 Å². The van der Waals surface area contributed by atoms with E-state index in [1.807, 2.05) is 20.8 Å². The van der Waals surface area contributed by atoms with Crippen LogP contribution in [-0.2, 0) is 14.3 Å². The molecule has 6 rings (SSSR count). The maximum absolute atomic E-state index is 13.5. The van der Waals surface area contributed by atoms with Gasteiger partial charge in [0.15, 0.2) is 0 Å². The number of hydrogen-bond acceptors (Lipinski definition) is 6. The predicted octanol–water partition coefficient (Wildman–Crippen LogP) is 2.39. The number of fused-ring (bicyclic) bond motifs is 1. The number of Topliss-reactive ketones (excluding diaryl/α,β-unsaturated/α-hetero) is 1. The first kappa shape index (κ1) is 19.2. The molecule has 4 bridgehead atoms. The molecular weight excluding hydrogens is 372 g/mol. The third-order valence-electron chi connectivity index (χ3n) is 9.27. The van der Waals surface area contributed by atoms with Crippen molar-refractivity contribution in [2.75, 3.05) is 6.61 Å². The van der Waals surface area contributed by atoms with Crippen molar-refractivity contribution in [1.29, 1.82) is 0 Å². The molecule has 6 nitrogen and oxygen atoms in total. The Balaban J connectivity index is 1.67. The lowest BCUT2D eigenvalue weighted by Crippen LogP contribution is -2.84. The molecule has 1 aliphatic heterocycles. The molecule has 1 saturated heterocycles. The number of carbonyl (C=O) groups is 2. The van der Waals surface area contributed by atoms with E-state index in [2.05, 4.69) is 0 Å². The van der Waals surface area contributed by atoms with Crippen molar-refractivity contribution >= 4 is 11.8 Å². The lowest BCUT2D eigenvalue weighted by molar-refractivity contribution is -0.366. The summed E-state index contributed by atoms with van der Waals surface area (Å²) in [6.45, 7) is 7.48. The van der Waals surface area contributed by atoms with E-state index >= 15 is 0 Å². The second-order valence-electron chi connectivity index (χ2n) is 10.0. The minimum Gasteiger partial charge on any atom is -0.425 e. The van der Waals surface area contributed by atoms with Crippen molar-refractivity contribution in [3.63, 3.8) is 0 Å². The summed E-state index contributed by atoms with van der Waals surface area (Å²) in [7, 11) is 0. The number of ether oxygens (including phenoxy) is 2. The Hall–Kier alpha value is -1.76. The fraction of sp³-hybridized carbons (Fsp3) is 0.652. The van der Waals surface area contributed by atoms with Crippen LogP contribution in [0.5, 0.6) is 0 Å². The average molecular weight is 400 g/mol. The number of benzene rings is 1. The zero-order valence-electron chi connectivity index (χ0n) is 17.3. The van der Waals surface area contributed by atoms with Crippen LogP contribution in [0.25, 0.3) is 0 Å². The fourth-order valence-corrected chi connectivity index (χ4v) is 7.19. The summed E-state index contributed by atoms with van der Waals surface area (Å²) in [6, 6.07) is 6.93. The number of esters is 1. The van der Waals surface area contributed by atoms with Gasteiger partial charge in [-0.1, -0.05) is 31.5 Å². The van der Waals surface area contributed by atoms with Crippen LogP contribution < -0.4 is 0 Å². The highest BCUT2D eigenvalue weighted by atomic mass is 16.7. The largest absolute Gasteiger partial charge is 0.425 e. The highest BCUT2D eigenvalue weighted by Crippen LogP contribution is 2.80. The van der Waals surface area contributed by atoms with Gasteiger partial charge in [-0.2, -0.15) is 0 Å². The molecule has 0 unspecified atom stereocenters. The van der Waals surface area contributed by atoms with Gasteiger partial charge < -0.3 is 19.7 Å². The van der Waals surface area contributed by atoms with Gasteiger partial charge in [-0.3, -0.25) is 4.79 Å². The molecule has 4 aliphatic carbocycles. The van der Waals surface area contributed by atoms with Gasteiger partial charge in [0.25, 0.3) is 5.79 Å². The Morgan fingerprint density at radius 3 is 2.55 bits per heavy atom. The quantitative estimate of drug-likeness (QED) is 0.741. The minimum atomic E-state index is -1.80. The molecule has 156 valence electrons. The first-order valence-corrected chi connectivity index (χ1v) is 10.4. The molecule has 29 heavy (non-hydrogen) atoms. The average Bonchev–Trinajstić information content (AvgIpc) is 3.07. The summed E-state index contributed by atoms with van der Waals surface area (Å²) in [5.41, 5.74) is -3.28. The normalized spacial score (nSPS) is 49.9. The molecule has 1 spiro atoms. The van der Waals surface area contributed by atoms with Gasteiger partial charge in [0.1, 0.15) is 17.3 Å². The Bertz CT molecular complexity index is 926. The Morgan fingerprint density at radius 1 is 1.24 bits per heavy atom. The summed E-state index contributed by atoms with van der Waals surface area (Å²) < 4.78 is 12.0. The fourth-order valence-electron chi connectivity index (χ4n) is 7.19. The van der Waals surface area contributed by atoms with E-state index in [1.165, 1.54) is 0 Å². The van der Waals surface area contributed by atoms with E-state index in [4.69, 9.17) is 9.47 Å². The first-order chi connectivity index (χ1) is 13.5. The van der Waals surface area contributed by atoms with Gasteiger partial charge in [-0.25, -0.2) is 4.79 Å². The van der Waals surface area contributed by atoms with Gasteiger partial charge in [0.2, 0.25) is 0 Å². The van der Waals surface area contributed by atoms with E-state index in [0.717, 1.165) is 5.56 Å². The first-order valence-electron chi connectivity index (χ1n) is 10.4. The Labute approximate surface area is 170 Å². The molecule has 6 heteroatoms. The van der Waals surface area contributed by atoms with Crippen molar-refractivity contribution in [1.82, 2.24) is 0 Å². The minimum absolute atomic E-state index is 0.0540. The van der Waals surface area contributed by atoms with Gasteiger partial charge in [-0.15, -0.1) is 0 Å². The molecule has 1 aromatic rings. The molecule has 0 amide bonds. The monoisotopic (exact) mass is 400 g/mol. The van der Waals surface area contributed by atoms with E-state index in [0.29, 0.717) is 18.4 Å². The molecule has 7 atom stereocenters. The van der Waals surface area contributed by atoms with E-state index in [1.54, 1.807) is 31.2 Å². The van der Waals surface area contributed by atoms with Crippen molar-refractivity contribution in [3.8, 4) is 0 Å². The van der Waals surface area contributed by atoms with E-state index in [9.17, 15) is 19.8 Å². The van der Waals surface area contributed by atoms with Crippen molar-refractivity contribution in [2.24, 2.45) is 22.2 Å². The Kier molecular flexibility index (Phi) is 3.50. The van der Waals surface area contributed by atoms with Crippen LogP contribution in [0.3, 0.4) is 0 Å². The lowest BCUT2D eigenvalue weighted by atomic mass is 9.35. The zero-order chi connectivity index (χ0) is 21.0. The molecule has 4 saturated carbocycles. The van der Waals surface area contributed by atoms with Crippen LogP contribution in [0.4, 0.5) is 0 Å². The van der Waals surface area contributed by atoms with Crippen molar-refractivity contribution in [2.45, 2.75) is 64.4 Å². The van der Waals surface area contributed by atoms with Crippen molar-refractivity contribution < 1.29 is 29.3 Å². The van der Waals surface area contributed by atoms with E-state index in [-0.39, 0.29) is 24.7 Å². The number of aryl methyl sites for hydroxylation is 1. The van der Waals surface area contributed by atoms with Crippen LogP contribution in [0.1, 0.15) is 56.0 Å². The van der Waals surface area contributed by atoms with Gasteiger partial charge >= 0.3 is 5.97 Å². The maximum atomic E-state index is 13.5. The predicted molar refractivity (Wildman–Crippen MR) is 103 cm³/mol. The molecular formula is C23H28O6. The molecule has 5 fully saturated rings. The summed E-state index contributed by atoms with van der Waals surface area (Å²) in [5, 5.41) is 23.6. The standard InChI is InChI=1S/C23H28O6/c1-13-5-7-15(8-6-13)17(25)29-23-18(26)21-11-16(24)20(23,4)19(3,12-28-23)22(21,27)10-9-14(21)2/h5-8,14,18,26-27H,9-12H2,1-4H3/t14-,18-,19-,20-,21+,22+,23+/m0/s1. The summed E-state index contributed by atoms with van der Waals surface area (Å²) in [5.74, 6) is -2.66. The smallest absolute Gasteiger partial charge is 0.340 e. The van der Waals surface area contributed by atoms with Crippen LogP contribution >= 0.6 is 0 Å². The zero-order valence-corrected chi connectivity index (χ0v) is 17.3. The molecule has 1 heterocycles. The summed E-state index contributed by atoms with van der Waals surface area (Å²) in [4.78, 5) is 26.5. The number of hydrogen-bond donors (Lipinski definition) is 2. The number of ketones is 1. The van der Waals surface area contributed by atoms with Crippen LogP contribution in [0, 0.1) is 29.1 Å². The number of rotatable bonds is 2. The number of aliphatic hydroxyl groups is 2. The highest BCUT2D eigenvalue weighted by molar-refractivity contribution is 5.94. The number of aliphatic hydroxyl groups excluding tert-OH is 1. The van der Waals surface area contributed by atoms with Crippen LogP contribution in [0.2, 0.25) is 0 Å². The van der Waals surface area contributed by atoms with E-state index < -0.39 is 39.7 Å². The lowest BCUT2D eigenvalue weighted by Gasteiger charge is -2.70. The molecule has 0 radical (unpaired) electrons. The maximum Gasteiger partial charge on any atom is 0.340 e. The van der Waals surface area contributed by atoms with Gasteiger partial charge in [0.05, 0.1) is 17.8 Å². The van der Waals surface area contributed by atoms with Gasteiger partial charge in [0, 0.05) is 17.3 Å². The summed E-state index contributed by atoms with van der Waals surface area (Å²) in [6.07, 6.45) is -0.0135. The topological polar surface area (TPSA) is 93.1 Å². The molecule has 2 N–H and O–H groups in total. The molecule has 0 aromatic heterocycles.